The van der Waals surface area contributed by atoms with Crippen LogP contribution in [-0.4, -0.2) is 64.1 Å². The van der Waals surface area contributed by atoms with Crippen LogP contribution in [0.5, 0.6) is 0 Å². The van der Waals surface area contributed by atoms with Gasteiger partial charge < -0.3 is 14.7 Å². The number of ether oxygens (including phenoxy) is 1. The van der Waals surface area contributed by atoms with Gasteiger partial charge in [0.2, 0.25) is 0 Å². The molecule has 6 heteroatoms. The fraction of sp³-hybridized carbons (Fsp3) is 0.862. The molecular weight excluding hydrogens is 458 g/mol. The quantitative estimate of drug-likeness (QED) is 0.427. The van der Waals surface area contributed by atoms with Crippen LogP contribution < -0.4 is 0 Å². The molecule has 6 aliphatic rings. The third kappa shape index (κ3) is 3.87. The number of ketones is 1. The van der Waals surface area contributed by atoms with Crippen molar-refractivity contribution in [2.24, 2.45) is 34.0 Å². The number of nitrogens with zero attached hydrogens (tertiary/aromatic N) is 1. The van der Waals surface area contributed by atoms with Gasteiger partial charge in [-0.25, -0.2) is 0 Å². The Morgan fingerprint density at radius 1 is 1.17 bits per heavy atom. The van der Waals surface area contributed by atoms with Gasteiger partial charge in [0.1, 0.15) is 11.9 Å². The summed E-state index contributed by atoms with van der Waals surface area (Å²) in [6.45, 7) is 16.2. The van der Waals surface area contributed by atoms with Gasteiger partial charge in [0, 0.05) is 27.9 Å². The Hall–Kier alpha value is -0.850. The molecule has 0 radical (unpaired) electrons. The normalized spacial score (nSPS) is 51.3. The highest BCUT2D eigenvalue weighted by Gasteiger charge is 2.68. The van der Waals surface area contributed by atoms with Crippen LogP contribution >= 0.6 is 11.8 Å². The van der Waals surface area contributed by atoms with Gasteiger partial charge in [0.05, 0.1) is 11.9 Å². The summed E-state index contributed by atoms with van der Waals surface area (Å²) in [4.78, 5) is 29.5. The molecule has 3 saturated heterocycles. The predicted molar refractivity (Wildman–Crippen MR) is 140 cm³/mol. The van der Waals surface area contributed by atoms with Gasteiger partial charge >= 0.3 is 5.97 Å². The monoisotopic (exact) mass is 503 g/mol. The van der Waals surface area contributed by atoms with Gasteiger partial charge in [-0.3, -0.25) is 9.59 Å². The molecule has 0 spiro atoms. The van der Waals surface area contributed by atoms with Gasteiger partial charge in [-0.05, 0) is 81.8 Å². The molecule has 3 saturated carbocycles. The number of carbonyl (C=O) groups excluding carboxylic acids is 2. The minimum absolute atomic E-state index is 0.00255. The Balaban J connectivity index is 1.44. The Kier molecular flexibility index (Phi) is 6.54. The van der Waals surface area contributed by atoms with Crippen LogP contribution in [0.3, 0.4) is 0 Å². The SMILES string of the molecule is C=C[C@]1(C)C[C@@H](OC(=O)CSC23CCN(CC2)CC3)[C@@]2(C)C3C(=O)CC[C@@]3(CC[C@H]2C)[C@@H](C)[C@@H]1O. The highest BCUT2D eigenvalue weighted by molar-refractivity contribution is 8.01. The first-order valence-corrected chi connectivity index (χ1v) is 14.9. The summed E-state index contributed by atoms with van der Waals surface area (Å²) in [6.07, 6.45) is 8.19. The topological polar surface area (TPSA) is 66.8 Å². The van der Waals surface area contributed by atoms with Crippen LogP contribution in [0.25, 0.3) is 0 Å². The second kappa shape index (κ2) is 8.87. The van der Waals surface area contributed by atoms with E-state index in [1.165, 1.54) is 0 Å². The van der Waals surface area contributed by atoms with Crippen LogP contribution in [0.4, 0.5) is 0 Å². The van der Waals surface area contributed by atoms with Crippen LogP contribution in [0.15, 0.2) is 12.7 Å². The second-order valence-electron chi connectivity index (χ2n) is 13.1. The van der Waals surface area contributed by atoms with Gasteiger partial charge in [-0.15, -0.1) is 18.3 Å². The molecule has 4 bridgehead atoms. The number of carbonyl (C=O) groups is 2. The van der Waals surface area contributed by atoms with Crippen LogP contribution in [0.1, 0.15) is 79.1 Å². The van der Waals surface area contributed by atoms with Crippen molar-refractivity contribution in [3.63, 3.8) is 0 Å². The number of Topliss-reactive ketones (excluding diaryl/α,β-unsaturated/α-hetero) is 1. The van der Waals surface area contributed by atoms with E-state index < -0.39 is 23.0 Å². The molecule has 0 aromatic rings. The molecule has 3 heterocycles. The van der Waals surface area contributed by atoms with Crippen molar-refractivity contribution in [3.8, 4) is 0 Å². The van der Waals surface area contributed by atoms with Crippen molar-refractivity contribution >= 4 is 23.5 Å². The largest absolute Gasteiger partial charge is 0.461 e. The zero-order valence-corrected chi connectivity index (χ0v) is 23.0. The highest BCUT2D eigenvalue weighted by atomic mass is 32.2. The molecular formula is C29H45NO4S. The van der Waals surface area contributed by atoms with Gasteiger partial charge in [0.15, 0.2) is 0 Å². The van der Waals surface area contributed by atoms with Crippen LogP contribution in [-0.2, 0) is 14.3 Å². The van der Waals surface area contributed by atoms with E-state index in [0.717, 1.165) is 58.2 Å². The van der Waals surface area contributed by atoms with Crippen molar-refractivity contribution in [2.75, 3.05) is 25.4 Å². The Labute approximate surface area is 215 Å². The lowest BCUT2D eigenvalue weighted by Crippen LogP contribution is -2.63. The van der Waals surface area contributed by atoms with E-state index in [4.69, 9.17) is 4.74 Å². The van der Waals surface area contributed by atoms with Gasteiger partial charge in [-0.2, -0.15) is 0 Å². The number of hydrogen-bond donors (Lipinski definition) is 1. The molecule has 3 aliphatic heterocycles. The lowest BCUT2D eigenvalue weighted by atomic mass is 9.44. The summed E-state index contributed by atoms with van der Waals surface area (Å²) in [5.41, 5.74) is -1.23. The number of esters is 1. The van der Waals surface area contributed by atoms with E-state index in [0.29, 0.717) is 24.4 Å². The van der Waals surface area contributed by atoms with Crippen molar-refractivity contribution in [1.82, 2.24) is 4.90 Å². The fourth-order valence-corrected chi connectivity index (χ4v) is 10.1. The maximum atomic E-state index is 13.5. The van der Waals surface area contributed by atoms with Crippen molar-refractivity contribution in [2.45, 2.75) is 96.0 Å². The number of aliphatic hydroxyl groups is 1. The van der Waals surface area contributed by atoms with Crippen LogP contribution in [0.2, 0.25) is 0 Å². The first kappa shape index (κ1) is 25.8. The number of rotatable bonds is 5. The molecule has 1 unspecified atom stereocenters. The van der Waals surface area contributed by atoms with Crippen LogP contribution in [0, 0.1) is 34.0 Å². The maximum absolute atomic E-state index is 13.5. The summed E-state index contributed by atoms with van der Waals surface area (Å²) in [5, 5.41) is 11.7. The van der Waals surface area contributed by atoms with E-state index in [1.54, 1.807) is 11.8 Å². The average Bonchev–Trinajstić information content (AvgIpc) is 3.22. The van der Waals surface area contributed by atoms with E-state index in [9.17, 15) is 14.7 Å². The third-order valence-corrected chi connectivity index (χ3v) is 13.3. The van der Waals surface area contributed by atoms with E-state index in [1.807, 2.05) is 6.08 Å². The van der Waals surface area contributed by atoms with E-state index in [2.05, 4.69) is 39.2 Å². The number of hydrogen-bond acceptors (Lipinski definition) is 6. The second-order valence-corrected chi connectivity index (χ2v) is 14.6. The van der Waals surface area contributed by atoms with Crippen molar-refractivity contribution in [3.05, 3.63) is 12.7 Å². The van der Waals surface area contributed by atoms with E-state index in [-0.39, 0.29) is 33.9 Å². The third-order valence-electron chi connectivity index (χ3n) is 11.7. The lowest BCUT2D eigenvalue weighted by Gasteiger charge is -2.61. The van der Waals surface area contributed by atoms with Crippen molar-refractivity contribution < 1.29 is 19.4 Å². The fourth-order valence-electron chi connectivity index (χ4n) is 8.92. The minimum atomic E-state index is -0.617. The minimum Gasteiger partial charge on any atom is -0.461 e. The zero-order chi connectivity index (χ0) is 25.2. The molecule has 35 heavy (non-hydrogen) atoms. The molecule has 1 N–H and O–H groups in total. The number of fused-ring (bicyclic) bond motifs is 3. The Morgan fingerprint density at radius 3 is 2.46 bits per heavy atom. The lowest BCUT2D eigenvalue weighted by molar-refractivity contribution is -0.205. The molecule has 0 aromatic carbocycles. The molecule has 5 nitrogen and oxygen atoms in total. The average molecular weight is 504 g/mol. The Bertz CT molecular complexity index is 870. The van der Waals surface area contributed by atoms with E-state index >= 15 is 0 Å². The maximum Gasteiger partial charge on any atom is 0.316 e. The number of piperidine rings is 3. The predicted octanol–water partition coefficient (Wildman–Crippen LogP) is 4.86. The summed E-state index contributed by atoms with van der Waals surface area (Å²) < 4.78 is 6.65. The Morgan fingerprint density at radius 2 is 1.83 bits per heavy atom. The van der Waals surface area contributed by atoms with Gasteiger partial charge in [0.25, 0.3) is 0 Å². The first-order valence-electron chi connectivity index (χ1n) is 13.9. The highest BCUT2D eigenvalue weighted by Crippen LogP contribution is 2.68. The summed E-state index contributed by atoms with van der Waals surface area (Å²) >= 11 is 1.80. The number of thioether (sulfide) groups is 1. The molecule has 8 atom stereocenters. The molecule has 0 amide bonds. The van der Waals surface area contributed by atoms with Gasteiger partial charge in [-0.1, -0.05) is 33.8 Å². The molecule has 6 fully saturated rings. The molecule has 196 valence electrons. The summed E-state index contributed by atoms with van der Waals surface area (Å²) in [6, 6.07) is 0. The summed E-state index contributed by atoms with van der Waals surface area (Å²) in [5.74, 6) is 0.622. The molecule has 0 aromatic heterocycles. The number of aliphatic hydroxyl groups excluding tert-OH is 1. The zero-order valence-electron chi connectivity index (χ0n) is 22.2. The molecule has 3 aliphatic carbocycles. The standard InChI is InChI=1S/C29H45NO4S/c1-6-26(4)17-22(34-23(32)18-35-28-11-14-30(15-12-28)16-13-28)27(5)19(2)7-9-29(20(3)25(26)33)10-8-21(31)24(27)29/h6,19-20,22,24-25,33H,1,7-18H2,2-5H3/t19-,20+,22-,24?,25+,26-,27+,29+/m1/s1. The van der Waals surface area contributed by atoms with Crippen molar-refractivity contribution in [1.29, 1.82) is 0 Å². The first-order chi connectivity index (χ1) is 16.5. The molecule has 6 rings (SSSR count). The summed E-state index contributed by atoms with van der Waals surface area (Å²) in [7, 11) is 0. The smallest absolute Gasteiger partial charge is 0.316 e.